The molecule has 2 aromatic carbocycles. The van der Waals surface area contributed by atoms with Gasteiger partial charge in [-0.2, -0.15) is 0 Å². The molecule has 0 saturated heterocycles. The van der Waals surface area contributed by atoms with E-state index in [0.29, 0.717) is 13.1 Å². The highest BCUT2D eigenvalue weighted by Gasteiger charge is 2.04. The van der Waals surface area contributed by atoms with Crippen LogP contribution in [-0.2, 0) is 19.6 Å². The number of carbonyl (C=O) groups is 1. The first kappa shape index (κ1) is 18.4. The minimum Gasteiger partial charge on any atom is -0.481 e. The summed E-state index contributed by atoms with van der Waals surface area (Å²) in [7, 11) is 0. The molecule has 0 unspecified atom stereocenters. The number of hydrogen-bond acceptors (Lipinski definition) is 3. The number of urea groups is 1. The van der Waals surface area contributed by atoms with Crippen LogP contribution in [0.25, 0.3) is 0 Å². The lowest BCUT2D eigenvalue weighted by molar-refractivity contribution is 0.240. The molecule has 0 aromatic heterocycles. The average molecular weight is 338 g/mol. The summed E-state index contributed by atoms with van der Waals surface area (Å²) < 4.78 is 5.31. The minimum atomic E-state index is -0.235. The van der Waals surface area contributed by atoms with E-state index in [1.807, 2.05) is 48.5 Å². The Bertz CT molecular complexity index is 720. The molecule has 130 valence electrons. The Kier molecular flexibility index (Phi) is 7.36. The van der Waals surface area contributed by atoms with Crippen LogP contribution in [0.3, 0.4) is 0 Å². The molecule has 3 N–H and O–H groups in total. The SMILES string of the molecule is C#CCOc1ccc(CCNC(=O)NCc2ccccc2CO)cc1. The number of carbonyl (C=O) groups excluding carboxylic acids is 1. The summed E-state index contributed by atoms with van der Waals surface area (Å²) in [5.74, 6) is 3.15. The van der Waals surface area contributed by atoms with Crippen LogP contribution in [0.2, 0.25) is 0 Å². The van der Waals surface area contributed by atoms with Crippen molar-refractivity contribution in [3.8, 4) is 18.1 Å². The third-order valence-electron chi connectivity index (χ3n) is 3.67. The van der Waals surface area contributed by atoms with E-state index in [-0.39, 0.29) is 19.2 Å². The number of ether oxygens (including phenoxy) is 1. The first-order chi connectivity index (χ1) is 12.2. The molecular weight excluding hydrogens is 316 g/mol. The summed E-state index contributed by atoms with van der Waals surface area (Å²) in [4.78, 5) is 11.9. The largest absolute Gasteiger partial charge is 0.481 e. The predicted octanol–water partition coefficient (Wildman–Crippen LogP) is 2.23. The maximum Gasteiger partial charge on any atom is 0.315 e. The van der Waals surface area contributed by atoms with Crippen molar-refractivity contribution >= 4 is 6.03 Å². The van der Waals surface area contributed by atoms with E-state index in [1.54, 1.807) is 0 Å². The van der Waals surface area contributed by atoms with Gasteiger partial charge in [0.2, 0.25) is 0 Å². The fourth-order valence-electron chi connectivity index (χ4n) is 2.32. The molecule has 0 saturated carbocycles. The fraction of sp³-hybridized carbons (Fsp3) is 0.250. The molecule has 0 atom stereocenters. The molecule has 2 rings (SSSR count). The van der Waals surface area contributed by atoms with Crippen LogP contribution >= 0.6 is 0 Å². The Morgan fingerprint density at radius 3 is 2.48 bits per heavy atom. The molecule has 5 nitrogen and oxygen atoms in total. The summed E-state index contributed by atoms with van der Waals surface area (Å²) in [6.45, 7) is 1.11. The molecule has 0 radical (unpaired) electrons. The highest BCUT2D eigenvalue weighted by molar-refractivity contribution is 5.73. The Morgan fingerprint density at radius 2 is 1.80 bits per heavy atom. The fourth-order valence-corrected chi connectivity index (χ4v) is 2.32. The maximum absolute atomic E-state index is 11.9. The third kappa shape index (κ3) is 6.21. The molecule has 0 fully saturated rings. The number of aliphatic hydroxyl groups is 1. The lowest BCUT2D eigenvalue weighted by atomic mass is 10.1. The Hall–Kier alpha value is -2.97. The van der Waals surface area contributed by atoms with Crippen LogP contribution in [0.15, 0.2) is 48.5 Å². The second-order valence-electron chi connectivity index (χ2n) is 5.42. The van der Waals surface area contributed by atoms with Crippen molar-refractivity contribution in [1.29, 1.82) is 0 Å². The van der Waals surface area contributed by atoms with E-state index in [2.05, 4.69) is 16.6 Å². The van der Waals surface area contributed by atoms with Crippen molar-refractivity contribution in [2.24, 2.45) is 0 Å². The summed E-state index contributed by atoms with van der Waals surface area (Å²) in [6, 6.07) is 14.8. The summed E-state index contributed by atoms with van der Waals surface area (Å²) in [6.07, 6.45) is 5.86. The van der Waals surface area contributed by atoms with E-state index < -0.39 is 0 Å². The standard InChI is InChI=1S/C20H22N2O3/c1-2-13-25-19-9-7-16(8-10-19)11-12-21-20(24)22-14-17-5-3-4-6-18(17)15-23/h1,3-10,23H,11-15H2,(H2,21,22,24). The van der Waals surface area contributed by atoms with Crippen LogP contribution in [0.5, 0.6) is 5.75 Å². The van der Waals surface area contributed by atoms with Gasteiger partial charge in [-0.15, -0.1) is 6.42 Å². The highest BCUT2D eigenvalue weighted by atomic mass is 16.5. The van der Waals surface area contributed by atoms with Gasteiger partial charge >= 0.3 is 6.03 Å². The van der Waals surface area contributed by atoms with E-state index in [9.17, 15) is 9.90 Å². The molecule has 25 heavy (non-hydrogen) atoms. The zero-order valence-corrected chi connectivity index (χ0v) is 14.0. The van der Waals surface area contributed by atoms with Crippen LogP contribution < -0.4 is 15.4 Å². The van der Waals surface area contributed by atoms with Crippen molar-refractivity contribution in [3.05, 3.63) is 65.2 Å². The van der Waals surface area contributed by atoms with Gasteiger partial charge in [-0.05, 0) is 35.2 Å². The summed E-state index contributed by atoms with van der Waals surface area (Å²) >= 11 is 0. The lowest BCUT2D eigenvalue weighted by Gasteiger charge is -2.10. The van der Waals surface area contributed by atoms with E-state index in [0.717, 1.165) is 28.9 Å². The maximum atomic E-state index is 11.9. The second-order valence-corrected chi connectivity index (χ2v) is 5.42. The number of benzene rings is 2. The molecule has 0 spiro atoms. The first-order valence-electron chi connectivity index (χ1n) is 8.07. The zero-order valence-electron chi connectivity index (χ0n) is 14.0. The summed E-state index contributed by atoms with van der Waals surface area (Å²) in [5.41, 5.74) is 2.82. The van der Waals surface area contributed by atoms with Gasteiger partial charge in [-0.3, -0.25) is 0 Å². The van der Waals surface area contributed by atoms with Crippen LogP contribution in [0.1, 0.15) is 16.7 Å². The van der Waals surface area contributed by atoms with Gasteiger partial charge in [0.05, 0.1) is 6.61 Å². The van der Waals surface area contributed by atoms with Gasteiger partial charge in [0.15, 0.2) is 0 Å². The van der Waals surface area contributed by atoms with Gasteiger partial charge in [0.25, 0.3) is 0 Å². The van der Waals surface area contributed by atoms with Gasteiger partial charge in [-0.25, -0.2) is 4.79 Å². The normalized spacial score (nSPS) is 9.92. The average Bonchev–Trinajstić information content (AvgIpc) is 2.66. The molecule has 0 bridgehead atoms. The number of terminal acetylenes is 1. The quantitative estimate of drug-likeness (QED) is 0.647. The van der Waals surface area contributed by atoms with E-state index >= 15 is 0 Å². The van der Waals surface area contributed by atoms with Crippen molar-refractivity contribution < 1.29 is 14.6 Å². The molecule has 5 heteroatoms. The van der Waals surface area contributed by atoms with Crippen LogP contribution in [0.4, 0.5) is 4.79 Å². The Labute approximate surface area is 148 Å². The summed E-state index contributed by atoms with van der Waals surface area (Å²) in [5, 5.41) is 14.9. The van der Waals surface area contributed by atoms with Gasteiger partial charge in [0, 0.05) is 13.1 Å². The molecule has 2 aromatic rings. The second kappa shape index (κ2) is 10.0. The molecule has 0 aliphatic rings. The Balaban J connectivity index is 1.70. The van der Waals surface area contributed by atoms with E-state index in [4.69, 9.17) is 11.2 Å². The molecule has 0 aliphatic carbocycles. The third-order valence-corrected chi connectivity index (χ3v) is 3.67. The van der Waals surface area contributed by atoms with Gasteiger partial charge < -0.3 is 20.5 Å². The molecule has 0 aliphatic heterocycles. The number of rotatable bonds is 8. The molecule has 0 heterocycles. The van der Waals surface area contributed by atoms with Crippen molar-refractivity contribution in [2.75, 3.05) is 13.2 Å². The lowest BCUT2D eigenvalue weighted by Crippen LogP contribution is -2.36. The predicted molar refractivity (Wildman–Crippen MR) is 97.1 cm³/mol. The van der Waals surface area contributed by atoms with E-state index in [1.165, 1.54) is 0 Å². The number of aliphatic hydroxyl groups excluding tert-OH is 1. The molecule has 2 amide bonds. The van der Waals surface area contributed by atoms with Crippen LogP contribution in [0, 0.1) is 12.3 Å². The first-order valence-corrected chi connectivity index (χ1v) is 8.07. The number of hydrogen-bond donors (Lipinski definition) is 3. The van der Waals surface area contributed by atoms with Gasteiger partial charge in [-0.1, -0.05) is 42.3 Å². The molecular formula is C20H22N2O3. The number of nitrogens with one attached hydrogen (secondary N) is 2. The minimum absolute atomic E-state index is 0.0411. The zero-order chi connectivity index (χ0) is 17.9. The van der Waals surface area contributed by atoms with Crippen molar-refractivity contribution in [2.45, 2.75) is 19.6 Å². The monoisotopic (exact) mass is 338 g/mol. The smallest absolute Gasteiger partial charge is 0.315 e. The number of amides is 2. The van der Waals surface area contributed by atoms with Gasteiger partial charge in [0.1, 0.15) is 12.4 Å². The van der Waals surface area contributed by atoms with Crippen LogP contribution in [-0.4, -0.2) is 24.3 Å². The topological polar surface area (TPSA) is 70.6 Å². The van der Waals surface area contributed by atoms with Crippen molar-refractivity contribution in [3.63, 3.8) is 0 Å². The highest BCUT2D eigenvalue weighted by Crippen LogP contribution is 2.12. The Morgan fingerprint density at radius 1 is 1.08 bits per heavy atom. The van der Waals surface area contributed by atoms with Crippen molar-refractivity contribution in [1.82, 2.24) is 10.6 Å².